The molecule has 0 radical (unpaired) electrons. The normalized spacial score (nSPS) is 10.4. The zero-order valence-corrected chi connectivity index (χ0v) is 10.2. The van der Waals surface area contributed by atoms with Crippen LogP contribution in [0.1, 0.15) is 0 Å². The fourth-order valence-corrected chi connectivity index (χ4v) is 2.19. The Kier molecular flexibility index (Phi) is 6.18. The summed E-state index contributed by atoms with van der Waals surface area (Å²) >= 11 is 5.11. The molecule has 2 N–H and O–H groups in total. The number of thioether (sulfide) groups is 1. The molecule has 0 aliphatic carbocycles. The Hall–Kier alpha value is -0.100. The van der Waals surface area contributed by atoms with E-state index in [0.29, 0.717) is 19.8 Å². The van der Waals surface area contributed by atoms with Crippen LogP contribution in [0.3, 0.4) is 0 Å². The van der Waals surface area contributed by atoms with Crippen molar-refractivity contribution in [1.29, 1.82) is 0 Å². The minimum absolute atomic E-state index is 0.581. The molecule has 0 aliphatic heterocycles. The van der Waals surface area contributed by atoms with E-state index in [9.17, 15) is 0 Å². The molecule has 0 bridgehead atoms. The van der Waals surface area contributed by atoms with Gasteiger partial charge < -0.3 is 10.5 Å². The van der Waals surface area contributed by atoms with Crippen molar-refractivity contribution in [3.8, 4) is 0 Å². The lowest BCUT2D eigenvalue weighted by molar-refractivity contribution is 0.158. The smallest absolute Gasteiger partial charge is 0.110 e. The molecule has 0 saturated heterocycles. The molecule has 3 nitrogen and oxygen atoms in total. The predicted molar refractivity (Wildman–Crippen MR) is 62.5 cm³/mol. The van der Waals surface area contributed by atoms with E-state index in [1.807, 2.05) is 12.1 Å². The largest absolute Gasteiger partial charge is 0.379 e. The van der Waals surface area contributed by atoms with E-state index in [4.69, 9.17) is 10.5 Å². The molecule has 1 aromatic heterocycles. The molecule has 0 spiro atoms. The van der Waals surface area contributed by atoms with Crippen LogP contribution >= 0.6 is 27.7 Å². The van der Waals surface area contributed by atoms with E-state index >= 15 is 0 Å². The van der Waals surface area contributed by atoms with Crippen LogP contribution in [0, 0.1) is 0 Å². The van der Waals surface area contributed by atoms with Gasteiger partial charge in [0.05, 0.1) is 13.2 Å². The molecule has 0 unspecified atom stereocenters. The Morgan fingerprint density at radius 2 is 2.36 bits per heavy atom. The molecule has 0 atom stereocenters. The number of hydrogen-bond acceptors (Lipinski definition) is 4. The number of aromatic nitrogens is 1. The van der Waals surface area contributed by atoms with Crippen molar-refractivity contribution < 1.29 is 4.74 Å². The Labute approximate surface area is 96.6 Å². The maximum atomic E-state index is 5.29. The summed E-state index contributed by atoms with van der Waals surface area (Å²) in [6.07, 6.45) is 1.79. The molecule has 0 fully saturated rings. The summed E-state index contributed by atoms with van der Waals surface area (Å²) in [6.45, 7) is 1.92. The maximum Gasteiger partial charge on any atom is 0.110 e. The number of pyridine rings is 1. The van der Waals surface area contributed by atoms with Crippen molar-refractivity contribution in [2.45, 2.75) is 5.03 Å². The van der Waals surface area contributed by atoms with E-state index in [-0.39, 0.29) is 0 Å². The Morgan fingerprint density at radius 3 is 3.07 bits per heavy atom. The zero-order valence-electron chi connectivity index (χ0n) is 7.78. The van der Waals surface area contributed by atoms with Crippen LogP contribution in [0.2, 0.25) is 0 Å². The van der Waals surface area contributed by atoms with Crippen molar-refractivity contribution in [3.05, 3.63) is 22.8 Å². The summed E-state index contributed by atoms with van der Waals surface area (Å²) < 4.78 is 6.29. The van der Waals surface area contributed by atoms with Crippen molar-refractivity contribution in [2.75, 3.05) is 25.5 Å². The third-order valence-corrected chi connectivity index (χ3v) is 3.33. The van der Waals surface area contributed by atoms with Crippen LogP contribution in [-0.2, 0) is 4.74 Å². The second kappa shape index (κ2) is 7.23. The van der Waals surface area contributed by atoms with Crippen molar-refractivity contribution in [1.82, 2.24) is 4.98 Å². The molecule has 0 aliphatic rings. The van der Waals surface area contributed by atoms with Gasteiger partial charge in [-0.3, -0.25) is 0 Å². The molecule has 1 rings (SSSR count). The van der Waals surface area contributed by atoms with Gasteiger partial charge in [0.1, 0.15) is 5.03 Å². The third kappa shape index (κ3) is 4.41. The van der Waals surface area contributed by atoms with Crippen LogP contribution in [0.4, 0.5) is 0 Å². The Bertz CT molecular complexity index is 273. The van der Waals surface area contributed by atoms with Crippen molar-refractivity contribution in [2.24, 2.45) is 5.73 Å². The summed E-state index contributed by atoms with van der Waals surface area (Å²) in [7, 11) is 0. The first-order chi connectivity index (χ1) is 6.84. The van der Waals surface area contributed by atoms with Gasteiger partial charge in [-0.2, -0.15) is 0 Å². The molecule has 78 valence electrons. The van der Waals surface area contributed by atoms with E-state index in [1.54, 1.807) is 18.0 Å². The number of hydrogen-bond donors (Lipinski definition) is 1. The summed E-state index contributed by atoms with van der Waals surface area (Å²) in [4.78, 5) is 4.23. The predicted octanol–water partition coefficient (Wildman–Crippen LogP) is 1.91. The van der Waals surface area contributed by atoms with E-state index in [2.05, 4.69) is 20.9 Å². The summed E-state index contributed by atoms with van der Waals surface area (Å²) in [6, 6.07) is 3.88. The van der Waals surface area contributed by atoms with Crippen LogP contribution < -0.4 is 5.73 Å². The number of rotatable bonds is 6. The number of nitrogens with two attached hydrogens (primary N) is 1. The third-order valence-electron chi connectivity index (χ3n) is 1.45. The highest BCUT2D eigenvalue weighted by molar-refractivity contribution is 9.10. The highest BCUT2D eigenvalue weighted by Crippen LogP contribution is 2.23. The fraction of sp³-hybridized carbons (Fsp3) is 0.444. The lowest BCUT2D eigenvalue weighted by Crippen LogP contribution is -2.09. The van der Waals surface area contributed by atoms with Gasteiger partial charge in [-0.05, 0) is 28.1 Å². The second-order valence-corrected chi connectivity index (χ2v) is 4.48. The van der Waals surface area contributed by atoms with E-state index in [0.717, 1.165) is 15.3 Å². The van der Waals surface area contributed by atoms with Gasteiger partial charge in [0.25, 0.3) is 0 Å². The first-order valence-corrected chi connectivity index (χ1v) is 6.13. The Morgan fingerprint density at radius 1 is 1.50 bits per heavy atom. The van der Waals surface area contributed by atoms with Crippen molar-refractivity contribution in [3.63, 3.8) is 0 Å². The molecule has 1 aromatic rings. The topological polar surface area (TPSA) is 48.1 Å². The monoisotopic (exact) mass is 276 g/mol. The first kappa shape index (κ1) is 12.0. The minimum Gasteiger partial charge on any atom is -0.379 e. The van der Waals surface area contributed by atoms with Gasteiger partial charge in [-0.25, -0.2) is 4.98 Å². The maximum absolute atomic E-state index is 5.29. The van der Waals surface area contributed by atoms with Crippen LogP contribution in [0.15, 0.2) is 27.8 Å². The molecular formula is C9H13BrN2OS. The molecule has 1 heterocycles. The van der Waals surface area contributed by atoms with Gasteiger partial charge >= 0.3 is 0 Å². The number of nitrogens with zero attached hydrogens (tertiary/aromatic N) is 1. The van der Waals surface area contributed by atoms with Gasteiger partial charge in [0.15, 0.2) is 0 Å². The summed E-state index contributed by atoms with van der Waals surface area (Å²) in [5.74, 6) is 0.898. The standard InChI is InChI=1S/C9H13BrN2OS/c10-8-2-1-4-12-9(8)14-7-6-13-5-3-11/h1-2,4H,3,5-7,11H2. The summed E-state index contributed by atoms with van der Waals surface area (Å²) in [5, 5.41) is 1.00. The molecular weight excluding hydrogens is 264 g/mol. The molecule has 14 heavy (non-hydrogen) atoms. The SMILES string of the molecule is NCCOCCSc1ncccc1Br. The van der Waals surface area contributed by atoms with E-state index < -0.39 is 0 Å². The van der Waals surface area contributed by atoms with Gasteiger partial charge in [0, 0.05) is 23.0 Å². The van der Waals surface area contributed by atoms with Crippen LogP contribution in [0.5, 0.6) is 0 Å². The van der Waals surface area contributed by atoms with Gasteiger partial charge in [0.2, 0.25) is 0 Å². The van der Waals surface area contributed by atoms with Crippen LogP contribution in [-0.4, -0.2) is 30.5 Å². The average Bonchev–Trinajstić information content (AvgIpc) is 2.20. The van der Waals surface area contributed by atoms with Gasteiger partial charge in [-0.1, -0.05) is 0 Å². The van der Waals surface area contributed by atoms with E-state index in [1.165, 1.54) is 0 Å². The highest BCUT2D eigenvalue weighted by Gasteiger charge is 1.99. The minimum atomic E-state index is 0.581. The van der Waals surface area contributed by atoms with Crippen LogP contribution in [0.25, 0.3) is 0 Å². The lowest BCUT2D eigenvalue weighted by atomic mass is 10.5. The average molecular weight is 277 g/mol. The number of ether oxygens (including phenoxy) is 1. The molecule has 0 amide bonds. The van der Waals surface area contributed by atoms with Crippen molar-refractivity contribution >= 4 is 27.7 Å². The molecule has 0 aromatic carbocycles. The second-order valence-electron chi connectivity index (χ2n) is 2.54. The first-order valence-electron chi connectivity index (χ1n) is 4.35. The zero-order chi connectivity index (χ0) is 10.2. The molecule has 5 heteroatoms. The summed E-state index contributed by atoms with van der Waals surface area (Å²) in [5.41, 5.74) is 5.29. The highest BCUT2D eigenvalue weighted by atomic mass is 79.9. The Balaban J connectivity index is 2.21. The number of halogens is 1. The molecule has 0 saturated carbocycles. The van der Waals surface area contributed by atoms with Gasteiger partial charge in [-0.15, -0.1) is 11.8 Å². The quantitative estimate of drug-likeness (QED) is 0.637. The fourth-order valence-electron chi connectivity index (χ4n) is 0.860. The lowest BCUT2D eigenvalue weighted by Gasteiger charge is -2.03.